The van der Waals surface area contributed by atoms with E-state index in [1.54, 1.807) is 12.1 Å². The van der Waals surface area contributed by atoms with Gasteiger partial charge in [0.05, 0.1) is 6.42 Å². The number of carbonyl (C=O) groups excluding carboxylic acids is 2. The highest BCUT2D eigenvalue weighted by Crippen LogP contribution is 2.09. The molecular formula is C21H17FN2O2. The van der Waals surface area contributed by atoms with Crippen LogP contribution in [0.1, 0.15) is 32.0 Å². The van der Waals surface area contributed by atoms with Crippen molar-refractivity contribution in [3.63, 3.8) is 0 Å². The van der Waals surface area contributed by atoms with Crippen LogP contribution < -0.4 is 5.32 Å². The second kappa shape index (κ2) is 8.16. The third kappa shape index (κ3) is 4.60. The lowest BCUT2D eigenvalue weighted by Gasteiger charge is -2.07. The number of aromatic nitrogens is 1. The molecule has 1 N–H and O–H groups in total. The average Bonchev–Trinajstić information content (AvgIpc) is 2.67. The number of pyridine rings is 1. The molecule has 2 aromatic carbocycles. The molecule has 0 aliphatic rings. The molecule has 1 heterocycles. The third-order valence-corrected chi connectivity index (χ3v) is 3.88. The van der Waals surface area contributed by atoms with Crippen LogP contribution in [0.4, 0.5) is 4.39 Å². The number of nitrogens with zero attached hydrogens (tertiary/aromatic N) is 1. The first-order chi connectivity index (χ1) is 12.6. The Morgan fingerprint density at radius 1 is 0.923 bits per heavy atom. The molecule has 1 amide bonds. The molecule has 0 atom stereocenters. The molecule has 130 valence electrons. The summed E-state index contributed by atoms with van der Waals surface area (Å²) >= 11 is 0. The van der Waals surface area contributed by atoms with Gasteiger partial charge >= 0.3 is 0 Å². The summed E-state index contributed by atoms with van der Waals surface area (Å²) < 4.78 is 12.9. The molecule has 26 heavy (non-hydrogen) atoms. The van der Waals surface area contributed by atoms with Gasteiger partial charge in [-0.15, -0.1) is 0 Å². The number of hydrogen-bond acceptors (Lipinski definition) is 3. The van der Waals surface area contributed by atoms with Gasteiger partial charge in [-0.05, 0) is 42.0 Å². The van der Waals surface area contributed by atoms with Crippen LogP contribution in [-0.4, -0.2) is 16.7 Å². The molecule has 0 aliphatic carbocycles. The number of halogens is 1. The predicted molar refractivity (Wildman–Crippen MR) is 96.3 cm³/mol. The molecule has 3 aromatic rings. The van der Waals surface area contributed by atoms with Gasteiger partial charge in [-0.3, -0.25) is 14.6 Å². The second-order valence-electron chi connectivity index (χ2n) is 5.81. The first-order valence-corrected chi connectivity index (χ1v) is 8.17. The normalized spacial score (nSPS) is 10.3. The number of amides is 1. The number of carbonyl (C=O) groups is 2. The van der Waals surface area contributed by atoms with E-state index >= 15 is 0 Å². The quantitative estimate of drug-likeness (QED) is 0.693. The van der Waals surface area contributed by atoms with Crippen LogP contribution in [0.5, 0.6) is 0 Å². The van der Waals surface area contributed by atoms with Gasteiger partial charge in [0.15, 0.2) is 5.78 Å². The maximum absolute atomic E-state index is 12.9. The Morgan fingerprint density at radius 2 is 1.65 bits per heavy atom. The first kappa shape index (κ1) is 17.5. The van der Waals surface area contributed by atoms with E-state index in [0.29, 0.717) is 23.4 Å². The topological polar surface area (TPSA) is 59.1 Å². The summed E-state index contributed by atoms with van der Waals surface area (Å²) in [5, 5.41) is 2.84. The number of benzene rings is 2. The summed E-state index contributed by atoms with van der Waals surface area (Å²) in [6, 6.07) is 18.2. The van der Waals surface area contributed by atoms with Gasteiger partial charge < -0.3 is 5.32 Å². The van der Waals surface area contributed by atoms with Crippen molar-refractivity contribution in [2.24, 2.45) is 0 Å². The van der Waals surface area contributed by atoms with Crippen LogP contribution in [0.3, 0.4) is 0 Å². The van der Waals surface area contributed by atoms with Gasteiger partial charge in [0.2, 0.25) is 0 Å². The fraction of sp³-hybridized carbons (Fsp3) is 0.0952. The Bertz CT molecular complexity index is 909. The Labute approximate surface area is 150 Å². The van der Waals surface area contributed by atoms with E-state index in [9.17, 15) is 14.0 Å². The zero-order valence-electron chi connectivity index (χ0n) is 14.0. The van der Waals surface area contributed by atoms with Crippen LogP contribution >= 0.6 is 0 Å². The van der Waals surface area contributed by atoms with Crippen molar-refractivity contribution in [3.05, 3.63) is 101 Å². The number of Topliss-reactive ketones (excluding diaryl/α,β-unsaturated/α-hetero) is 1. The lowest BCUT2D eigenvalue weighted by atomic mass is 10.1. The van der Waals surface area contributed by atoms with E-state index in [2.05, 4.69) is 10.3 Å². The molecule has 1 aromatic heterocycles. The van der Waals surface area contributed by atoms with E-state index in [1.165, 1.54) is 30.5 Å². The highest BCUT2D eigenvalue weighted by Gasteiger charge is 2.11. The molecule has 0 aliphatic heterocycles. The monoisotopic (exact) mass is 348 g/mol. The summed E-state index contributed by atoms with van der Waals surface area (Å²) in [5.74, 6) is -0.803. The SMILES string of the molecule is O=C(Cc1cc(C(=O)NCc2ccccc2)ccn1)c1ccc(F)cc1. The number of hydrogen-bond donors (Lipinski definition) is 1. The molecule has 0 unspecified atom stereocenters. The second-order valence-corrected chi connectivity index (χ2v) is 5.81. The van der Waals surface area contributed by atoms with Crippen molar-refractivity contribution < 1.29 is 14.0 Å². The van der Waals surface area contributed by atoms with E-state index in [4.69, 9.17) is 0 Å². The molecule has 3 rings (SSSR count). The van der Waals surface area contributed by atoms with Crippen LogP contribution in [0.25, 0.3) is 0 Å². The number of nitrogens with one attached hydrogen (secondary N) is 1. The molecule has 0 bridgehead atoms. The molecular weight excluding hydrogens is 331 g/mol. The summed E-state index contributed by atoms with van der Waals surface area (Å²) in [6.07, 6.45) is 1.55. The van der Waals surface area contributed by atoms with E-state index in [1.807, 2.05) is 30.3 Å². The molecule has 5 heteroatoms. The maximum atomic E-state index is 12.9. The molecule has 4 nitrogen and oxygen atoms in total. The van der Waals surface area contributed by atoms with Gasteiger partial charge in [-0.1, -0.05) is 30.3 Å². The van der Waals surface area contributed by atoms with Crippen LogP contribution in [-0.2, 0) is 13.0 Å². The van der Waals surface area contributed by atoms with Crippen molar-refractivity contribution in [3.8, 4) is 0 Å². The molecule has 0 saturated heterocycles. The maximum Gasteiger partial charge on any atom is 0.251 e. The first-order valence-electron chi connectivity index (χ1n) is 8.17. The smallest absolute Gasteiger partial charge is 0.251 e. The minimum Gasteiger partial charge on any atom is -0.348 e. The lowest BCUT2D eigenvalue weighted by Crippen LogP contribution is -2.23. The fourth-order valence-electron chi connectivity index (χ4n) is 2.50. The molecule has 0 saturated carbocycles. The van der Waals surface area contributed by atoms with Crippen LogP contribution in [0.15, 0.2) is 72.9 Å². The Hall–Kier alpha value is -3.34. The highest BCUT2D eigenvalue weighted by atomic mass is 19.1. The molecule has 0 spiro atoms. The molecule has 0 radical (unpaired) electrons. The Kier molecular flexibility index (Phi) is 5.49. The van der Waals surface area contributed by atoms with E-state index in [-0.39, 0.29) is 18.1 Å². The summed E-state index contributed by atoms with van der Waals surface area (Å²) in [5.41, 5.74) is 2.35. The van der Waals surface area contributed by atoms with Gasteiger partial charge in [0.25, 0.3) is 5.91 Å². The largest absolute Gasteiger partial charge is 0.348 e. The summed E-state index contributed by atoms with van der Waals surface area (Å²) in [4.78, 5) is 28.7. The summed E-state index contributed by atoms with van der Waals surface area (Å²) in [6.45, 7) is 0.422. The van der Waals surface area contributed by atoms with Crippen molar-refractivity contribution >= 4 is 11.7 Å². The lowest BCUT2D eigenvalue weighted by molar-refractivity contribution is 0.0947. The van der Waals surface area contributed by atoms with Crippen molar-refractivity contribution in [2.75, 3.05) is 0 Å². The molecule has 0 fully saturated rings. The Balaban J connectivity index is 1.64. The van der Waals surface area contributed by atoms with Crippen molar-refractivity contribution in [1.29, 1.82) is 0 Å². The van der Waals surface area contributed by atoms with Gasteiger partial charge in [-0.25, -0.2) is 4.39 Å². The van der Waals surface area contributed by atoms with Crippen molar-refractivity contribution in [2.45, 2.75) is 13.0 Å². The minimum absolute atomic E-state index is 0.0471. The van der Waals surface area contributed by atoms with E-state index < -0.39 is 5.82 Å². The van der Waals surface area contributed by atoms with Crippen LogP contribution in [0, 0.1) is 5.82 Å². The van der Waals surface area contributed by atoms with Gasteiger partial charge in [0, 0.05) is 29.6 Å². The van der Waals surface area contributed by atoms with Gasteiger partial charge in [-0.2, -0.15) is 0 Å². The average molecular weight is 348 g/mol. The fourth-order valence-corrected chi connectivity index (χ4v) is 2.50. The standard InChI is InChI=1S/C21H17FN2O2/c22-18-8-6-16(7-9-18)20(25)13-19-12-17(10-11-23-19)21(26)24-14-15-4-2-1-3-5-15/h1-12H,13-14H2,(H,24,26). The van der Waals surface area contributed by atoms with Crippen molar-refractivity contribution in [1.82, 2.24) is 10.3 Å². The van der Waals surface area contributed by atoms with Crippen LogP contribution in [0.2, 0.25) is 0 Å². The zero-order valence-corrected chi connectivity index (χ0v) is 14.0. The highest BCUT2D eigenvalue weighted by molar-refractivity contribution is 5.98. The number of ketones is 1. The number of rotatable bonds is 6. The summed E-state index contributed by atoms with van der Waals surface area (Å²) in [7, 11) is 0. The predicted octanol–water partition coefficient (Wildman–Crippen LogP) is 3.58. The van der Waals surface area contributed by atoms with Gasteiger partial charge in [0.1, 0.15) is 5.82 Å². The Morgan fingerprint density at radius 3 is 2.38 bits per heavy atom. The minimum atomic E-state index is -0.392. The third-order valence-electron chi connectivity index (χ3n) is 3.88. The van der Waals surface area contributed by atoms with E-state index in [0.717, 1.165) is 5.56 Å². The zero-order chi connectivity index (χ0) is 18.4.